The lowest BCUT2D eigenvalue weighted by Crippen LogP contribution is -2.50. The van der Waals surface area contributed by atoms with E-state index in [9.17, 15) is 22.8 Å². The van der Waals surface area contributed by atoms with E-state index in [1.807, 2.05) is 0 Å². The predicted molar refractivity (Wildman–Crippen MR) is 109 cm³/mol. The molecule has 1 aromatic carbocycles. The molecule has 2 amide bonds. The number of rotatable bonds is 6. The molecule has 0 saturated heterocycles. The third kappa shape index (κ3) is 5.53. The Labute approximate surface area is 178 Å². The highest BCUT2D eigenvalue weighted by molar-refractivity contribution is 6.04. The minimum Gasteiger partial charge on any atom is -0.497 e. The second kappa shape index (κ2) is 9.80. The minimum absolute atomic E-state index is 0.0951. The van der Waals surface area contributed by atoms with Gasteiger partial charge < -0.3 is 10.1 Å². The van der Waals surface area contributed by atoms with E-state index >= 15 is 0 Å². The van der Waals surface area contributed by atoms with Gasteiger partial charge in [0.2, 0.25) is 5.91 Å². The molecule has 1 heterocycles. The number of anilines is 1. The Morgan fingerprint density at radius 1 is 1.13 bits per heavy atom. The van der Waals surface area contributed by atoms with Gasteiger partial charge in [0.05, 0.1) is 7.11 Å². The van der Waals surface area contributed by atoms with E-state index in [0.717, 1.165) is 32.1 Å². The van der Waals surface area contributed by atoms with Gasteiger partial charge in [-0.3, -0.25) is 19.5 Å². The Hall–Kier alpha value is -3.10. The molecular formula is C22H24F3N3O3. The van der Waals surface area contributed by atoms with Crippen LogP contribution in [0, 0.1) is 0 Å². The van der Waals surface area contributed by atoms with Crippen LogP contribution in [0.5, 0.6) is 5.75 Å². The van der Waals surface area contributed by atoms with Crippen molar-refractivity contribution in [2.45, 2.75) is 50.4 Å². The molecule has 31 heavy (non-hydrogen) atoms. The second-order valence-electron chi connectivity index (χ2n) is 7.40. The molecule has 1 fully saturated rings. The number of pyridine rings is 1. The first kappa shape index (κ1) is 22.6. The van der Waals surface area contributed by atoms with Crippen molar-refractivity contribution in [2.24, 2.45) is 0 Å². The van der Waals surface area contributed by atoms with E-state index in [1.165, 1.54) is 49.8 Å². The zero-order valence-electron chi connectivity index (χ0n) is 17.1. The quantitative estimate of drug-likeness (QED) is 0.739. The molecule has 0 bridgehead atoms. The highest BCUT2D eigenvalue weighted by Crippen LogP contribution is 2.34. The van der Waals surface area contributed by atoms with E-state index in [2.05, 4.69) is 10.3 Å². The van der Waals surface area contributed by atoms with Crippen LogP contribution in [0.4, 0.5) is 18.9 Å². The summed E-state index contributed by atoms with van der Waals surface area (Å²) in [5.41, 5.74) is 0.131. The van der Waals surface area contributed by atoms with Crippen molar-refractivity contribution in [3.05, 3.63) is 54.4 Å². The van der Waals surface area contributed by atoms with E-state index in [4.69, 9.17) is 4.74 Å². The van der Waals surface area contributed by atoms with E-state index in [0.29, 0.717) is 4.90 Å². The van der Waals surface area contributed by atoms with Crippen LogP contribution in [-0.4, -0.2) is 36.1 Å². The lowest BCUT2D eigenvalue weighted by Gasteiger charge is -2.33. The standard InChI is InChI=1S/C22H24F3N3O3/c1-31-18-9-5-8-17(14-18)28(21(30)22(23,24)25)19(15-10-12-26-13-11-15)20(29)27-16-6-3-2-4-7-16/h5,8-14,16,19H,2-4,6-7H2,1H3,(H,27,29)/t19-/m1/s1. The smallest absolute Gasteiger partial charge is 0.471 e. The molecule has 1 atom stereocenters. The molecule has 2 aromatic rings. The molecule has 1 saturated carbocycles. The van der Waals surface area contributed by atoms with Crippen molar-refractivity contribution in [1.29, 1.82) is 0 Å². The fraction of sp³-hybridized carbons (Fsp3) is 0.409. The SMILES string of the molecule is COc1cccc(N(C(=O)C(F)(F)F)[C@@H](C(=O)NC2CCCCC2)c2ccncc2)c1. The van der Waals surface area contributed by atoms with Gasteiger partial charge in [0.25, 0.3) is 0 Å². The number of benzene rings is 1. The van der Waals surface area contributed by atoms with Crippen LogP contribution in [0.2, 0.25) is 0 Å². The van der Waals surface area contributed by atoms with Crippen molar-refractivity contribution >= 4 is 17.5 Å². The molecular weight excluding hydrogens is 411 g/mol. The first-order valence-corrected chi connectivity index (χ1v) is 10.1. The van der Waals surface area contributed by atoms with Gasteiger partial charge >= 0.3 is 12.1 Å². The summed E-state index contributed by atoms with van der Waals surface area (Å²) in [6.07, 6.45) is 2.00. The van der Waals surface area contributed by atoms with Crippen molar-refractivity contribution in [2.75, 3.05) is 12.0 Å². The zero-order valence-corrected chi connectivity index (χ0v) is 17.1. The number of nitrogens with one attached hydrogen (secondary N) is 1. The molecule has 9 heteroatoms. The van der Waals surface area contributed by atoms with Gasteiger partial charge in [-0.15, -0.1) is 0 Å². The van der Waals surface area contributed by atoms with Gasteiger partial charge in [-0.1, -0.05) is 25.3 Å². The van der Waals surface area contributed by atoms with Crippen LogP contribution >= 0.6 is 0 Å². The lowest BCUT2D eigenvalue weighted by atomic mass is 9.94. The molecule has 0 aliphatic heterocycles. The molecule has 0 spiro atoms. The van der Waals surface area contributed by atoms with Gasteiger partial charge in [0.15, 0.2) is 0 Å². The van der Waals surface area contributed by atoms with E-state index in [-0.39, 0.29) is 23.0 Å². The molecule has 1 aliphatic rings. The van der Waals surface area contributed by atoms with E-state index in [1.54, 1.807) is 6.07 Å². The fourth-order valence-corrected chi connectivity index (χ4v) is 3.77. The third-order valence-electron chi connectivity index (χ3n) is 5.27. The summed E-state index contributed by atoms with van der Waals surface area (Å²) in [7, 11) is 1.37. The molecule has 3 rings (SSSR count). The van der Waals surface area contributed by atoms with Crippen molar-refractivity contribution < 1.29 is 27.5 Å². The Bertz CT molecular complexity index is 900. The predicted octanol–water partition coefficient (Wildman–Crippen LogP) is 4.18. The van der Waals surface area contributed by atoms with E-state index < -0.39 is 24.0 Å². The number of halogens is 3. The Morgan fingerprint density at radius 2 is 1.81 bits per heavy atom. The Balaban J connectivity index is 2.07. The number of hydrogen-bond donors (Lipinski definition) is 1. The van der Waals surface area contributed by atoms with Crippen LogP contribution < -0.4 is 15.0 Å². The number of aromatic nitrogens is 1. The Morgan fingerprint density at radius 3 is 2.42 bits per heavy atom. The maximum Gasteiger partial charge on any atom is 0.471 e. The summed E-state index contributed by atoms with van der Waals surface area (Å²) in [4.78, 5) is 30.2. The Kier molecular flexibility index (Phi) is 7.14. The van der Waals surface area contributed by atoms with Crippen molar-refractivity contribution in [1.82, 2.24) is 10.3 Å². The molecule has 0 radical (unpaired) electrons. The number of amides is 2. The van der Waals surface area contributed by atoms with Crippen molar-refractivity contribution in [3.8, 4) is 5.75 Å². The minimum atomic E-state index is -5.18. The summed E-state index contributed by atoms with van der Waals surface area (Å²) in [6.45, 7) is 0. The second-order valence-corrected chi connectivity index (χ2v) is 7.40. The normalized spacial score (nSPS) is 15.7. The number of alkyl halides is 3. The summed E-state index contributed by atoms with van der Waals surface area (Å²) < 4.78 is 45.9. The maximum atomic E-state index is 13.6. The highest BCUT2D eigenvalue weighted by Gasteiger charge is 2.47. The van der Waals surface area contributed by atoms with Gasteiger partial charge in [0.1, 0.15) is 11.8 Å². The number of carbonyl (C=O) groups excluding carboxylic acids is 2. The summed E-state index contributed by atoms with van der Waals surface area (Å²) in [5, 5.41) is 2.85. The lowest BCUT2D eigenvalue weighted by molar-refractivity contribution is -0.171. The average Bonchev–Trinajstić information content (AvgIpc) is 2.77. The fourth-order valence-electron chi connectivity index (χ4n) is 3.77. The first-order chi connectivity index (χ1) is 14.8. The van der Waals surface area contributed by atoms with Crippen LogP contribution in [0.1, 0.15) is 43.7 Å². The molecule has 6 nitrogen and oxygen atoms in total. The molecule has 1 aliphatic carbocycles. The number of hydrogen-bond acceptors (Lipinski definition) is 4. The largest absolute Gasteiger partial charge is 0.497 e. The maximum absolute atomic E-state index is 13.6. The monoisotopic (exact) mass is 435 g/mol. The van der Waals surface area contributed by atoms with Gasteiger partial charge in [-0.05, 0) is 42.7 Å². The van der Waals surface area contributed by atoms with Gasteiger partial charge in [-0.2, -0.15) is 13.2 Å². The van der Waals surface area contributed by atoms with Gasteiger partial charge in [0, 0.05) is 30.2 Å². The summed E-state index contributed by atoms with van der Waals surface area (Å²) in [6, 6.07) is 6.85. The van der Waals surface area contributed by atoms with Crippen molar-refractivity contribution in [3.63, 3.8) is 0 Å². The van der Waals surface area contributed by atoms with Crippen LogP contribution in [-0.2, 0) is 9.59 Å². The molecule has 1 N–H and O–H groups in total. The molecule has 0 unspecified atom stereocenters. The summed E-state index contributed by atoms with van der Waals surface area (Å²) in [5.74, 6) is -2.54. The van der Waals surface area contributed by atoms with Crippen LogP contribution in [0.3, 0.4) is 0 Å². The topological polar surface area (TPSA) is 71.5 Å². The number of nitrogens with zero attached hydrogens (tertiary/aromatic N) is 2. The molecule has 1 aromatic heterocycles. The first-order valence-electron chi connectivity index (χ1n) is 10.1. The average molecular weight is 435 g/mol. The van der Waals surface area contributed by atoms with Crippen LogP contribution in [0.15, 0.2) is 48.8 Å². The van der Waals surface area contributed by atoms with Gasteiger partial charge in [-0.25, -0.2) is 0 Å². The summed E-state index contributed by atoms with van der Waals surface area (Å²) >= 11 is 0. The zero-order chi connectivity index (χ0) is 22.4. The number of methoxy groups -OCH3 is 1. The highest BCUT2D eigenvalue weighted by atomic mass is 19.4. The van der Waals surface area contributed by atoms with Crippen LogP contribution in [0.25, 0.3) is 0 Å². The third-order valence-corrected chi connectivity index (χ3v) is 5.27. The number of carbonyl (C=O) groups is 2. The number of ether oxygens (including phenoxy) is 1. The molecule has 166 valence electrons.